The van der Waals surface area contributed by atoms with Crippen LogP contribution in [0.25, 0.3) is 0 Å². The van der Waals surface area contributed by atoms with Gasteiger partial charge in [0.2, 0.25) is 5.78 Å². The van der Waals surface area contributed by atoms with Crippen LogP contribution in [-0.2, 0) is 16.3 Å². The lowest BCUT2D eigenvalue weighted by molar-refractivity contribution is 0.00187. The van der Waals surface area contributed by atoms with E-state index in [2.05, 4.69) is 0 Å². The van der Waals surface area contributed by atoms with Gasteiger partial charge in [-0.3, -0.25) is 4.79 Å². The molecule has 1 aliphatic carbocycles. The van der Waals surface area contributed by atoms with E-state index >= 15 is 0 Å². The highest BCUT2D eigenvalue weighted by Gasteiger charge is 2.46. The third-order valence-corrected chi connectivity index (χ3v) is 5.48. The second kappa shape index (κ2) is 3.62. The van der Waals surface area contributed by atoms with Gasteiger partial charge in [0.25, 0.3) is 0 Å². The monoisotopic (exact) mass is 276 g/mol. The molecule has 1 heterocycles. The predicted octanol–water partition coefficient (Wildman–Crippen LogP) is 0.710. The van der Waals surface area contributed by atoms with Crippen LogP contribution in [-0.4, -0.2) is 34.2 Å². The lowest BCUT2D eigenvalue weighted by atomic mass is 9.86. The van der Waals surface area contributed by atoms with Crippen molar-refractivity contribution in [3.63, 3.8) is 0 Å². The molecule has 2 rings (SSSR count). The van der Waals surface area contributed by atoms with E-state index in [1.165, 1.54) is 0 Å². The van der Waals surface area contributed by atoms with Crippen LogP contribution in [0.3, 0.4) is 0 Å². The quantitative estimate of drug-likeness (QED) is 0.710. The first-order chi connectivity index (χ1) is 7.64. The number of sulfone groups is 1. The summed E-state index contributed by atoms with van der Waals surface area (Å²) in [6, 6.07) is 0. The molecule has 0 N–H and O–H groups in total. The molecule has 0 aromatic carbocycles. The fourth-order valence-corrected chi connectivity index (χ4v) is 4.08. The smallest absolute Gasteiger partial charge is 0.287 e. The Balaban J connectivity index is 2.75. The Kier molecular flexibility index (Phi) is 2.70. The van der Waals surface area contributed by atoms with Crippen molar-refractivity contribution >= 4 is 39.6 Å². The number of fused-ring (bicyclic) bond motifs is 1. The second-order valence-electron chi connectivity index (χ2n) is 3.91. The molecule has 90 valence electrons. The van der Waals surface area contributed by atoms with Crippen molar-refractivity contribution in [2.45, 2.75) is 23.0 Å². The van der Waals surface area contributed by atoms with Crippen LogP contribution < -0.4 is 4.78 Å². The minimum atomic E-state index is -3.72. The molecule has 0 saturated heterocycles. The number of hydrogen-bond donors (Lipinski definition) is 0. The van der Waals surface area contributed by atoms with Crippen molar-refractivity contribution in [2.75, 3.05) is 6.26 Å². The van der Waals surface area contributed by atoms with E-state index in [-0.39, 0.29) is 21.0 Å². The molecule has 0 amide bonds. The first kappa shape index (κ1) is 12.7. The Morgan fingerprint density at radius 1 is 1.41 bits per heavy atom. The highest BCUT2D eigenvalue weighted by molar-refractivity contribution is 7.93. The normalized spacial score (nSPS) is 19.1. The average molecular weight is 276 g/mol. The lowest BCUT2D eigenvalue weighted by Crippen LogP contribution is -2.35. The predicted molar refractivity (Wildman–Crippen MR) is 60.4 cm³/mol. The van der Waals surface area contributed by atoms with Gasteiger partial charge in [-0.2, -0.15) is 8.78 Å². The number of Topliss-reactive ketones (excluding diaryl/α,β-unsaturated/α-hetero) is 1. The van der Waals surface area contributed by atoms with Crippen LogP contribution in [0.5, 0.6) is 0 Å². The molecule has 2 radical (unpaired) electrons. The number of rotatable bonds is 1. The summed E-state index contributed by atoms with van der Waals surface area (Å²) >= 11 is 0.677. The highest BCUT2D eigenvalue weighted by atomic mass is 32.2. The minimum absolute atomic E-state index is 0.0775. The molecular formula is C9H7BF2O3S2. The maximum absolute atomic E-state index is 13.3. The van der Waals surface area contributed by atoms with E-state index in [1.807, 2.05) is 0 Å². The van der Waals surface area contributed by atoms with Gasteiger partial charge in [-0.1, -0.05) is 0 Å². The molecule has 0 saturated carbocycles. The molecule has 3 nitrogen and oxygen atoms in total. The van der Waals surface area contributed by atoms with Crippen LogP contribution >= 0.6 is 11.3 Å². The molecule has 0 unspecified atom stereocenters. The summed E-state index contributed by atoms with van der Waals surface area (Å²) in [6.07, 6.45) is 0.174. The first-order valence-electron chi connectivity index (χ1n) is 4.68. The number of halogens is 2. The Bertz CT molecular complexity index is 604. The van der Waals surface area contributed by atoms with Gasteiger partial charge in [-0.25, -0.2) is 8.42 Å². The van der Waals surface area contributed by atoms with E-state index in [9.17, 15) is 22.0 Å². The van der Waals surface area contributed by atoms with E-state index < -0.39 is 33.5 Å². The van der Waals surface area contributed by atoms with Crippen LogP contribution in [0.15, 0.2) is 4.21 Å². The summed E-state index contributed by atoms with van der Waals surface area (Å²) in [5.74, 6) is -4.94. The fourth-order valence-electron chi connectivity index (χ4n) is 1.78. The van der Waals surface area contributed by atoms with Crippen molar-refractivity contribution in [1.82, 2.24) is 0 Å². The zero-order valence-corrected chi connectivity index (χ0v) is 10.4. The maximum Gasteiger partial charge on any atom is 0.310 e. The van der Waals surface area contributed by atoms with Gasteiger partial charge in [0, 0.05) is 12.7 Å². The SMILES string of the molecule is [B]c1sc(S(C)(=O)=O)c2c1CCC(F)(F)C2=O. The zero-order valence-electron chi connectivity index (χ0n) is 8.79. The Hall–Kier alpha value is -0.755. The van der Waals surface area contributed by atoms with E-state index in [0.29, 0.717) is 11.3 Å². The van der Waals surface area contributed by atoms with Gasteiger partial charge >= 0.3 is 5.92 Å². The van der Waals surface area contributed by atoms with Gasteiger partial charge in [-0.15, -0.1) is 11.3 Å². The maximum atomic E-state index is 13.3. The summed E-state index contributed by atoms with van der Waals surface area (Å²) in [7, 11) is 1.84. The Morgan fingerprint density at radius 3 is 2.53 bits per heavy atom. The molecule has 0 bridgehead atoms. The summed E-state index contributed by atoms with van der Waals surface area (Å²) < 4.78 is 49.2. The topological polar surface area (TPSA) is 51.2 Å². The zero-order chi connectivity index (χ0) is 13.0. The van der Waals surface area contributed by atoms with Gasteiger partial charge in [0.15, 0.2) is 9.84 Å². The van der Waals surface area contributed by atoms with Crippen LogP contribution in [0.2, 0.25) is 0 Å². The van der Waals surface area contributed by atoms with Crippen molar-refractivity contribution in [2.24, 2.45) is 0 Å². The van der Waals surface area contributed by atoms with E-state index in [1.54, 1.807) is 0 Å². The van der Waals surface area contributed by atoms with E-state index in [0.717, 1.165) is 6.26 Å². The summed E-state index contributed by atoms with van der Waals surface area (Å²) in [5, 5.41) is 0. The molecule has 0 fully saturated rings. The number of thiophene rings is 1. The van der Waals surface area contributed by atoms with E-state index in [4.69, 9.17) is 7.85 Å². The second-order valence-corrected chi connectivity index (χ2v) is 7.18. The molecule has 0 atom stereocenters. The average Bonchev–Trinajstić information content (AvgIpc) is 2.50. The van der Waals surface area contributed by atoms with Gasteiger partial charge < -0.3 is 0 Å². The Morgan fingerprint density at radius 2 is 2.00 bits per heavy atom. The van der Waals surface area contributed by atoms with Gasteiger partial charge in [0.05, 0.1) is 5.56 Å². The standard InChI is InChI=1S/C9H7BF2O3S2/c1-17(14,15)8-5-4(7(10)16-8)2-3-9(11,12)6(5)13/h2-3H2,1H3. The van der Waals surface area contributed by atoms with Gasteiger partial charge in [-0.05, 0) is 16.8 Å². The molecule has 0 spiro atoms. The highest BCUT2D eigenvalue weighted by Crippen LogP contribution is 2.37. The third kappa shape index (κ3) is 1.93. The van der Waals surface area contributed by atoms with Crippen molar-refractivity contribution < 1.29 is 22.0 Å². The number of hydrogen-bond acceptors (Lipinski definition) is 4. The first-order valence-corrected chi connectivity index (χ1v) is 7.39. The van der Waals surface area contributed by atoms with Crippen LogP contribution in [0, 0.1) is 0 Å². The summed E-state index contributed by atoms with van der Waals surface area (Å²) in [4.78, 5) is 11.6. The largest absolute Gasteiger partial charge is 0.310 e. The fraction of sp³-hybridized carbons (Fsp3) is 0.444. The Labute approximate surface area is 102 Å². The number of carbonyl (C=O) groups excluding carboxylic acids is 1. The molecule has 1 aliphatic rings. The van der Waals surface area contributed by atoms with Crippen LogP contribution in [0.1, 0.15) is 22.3 Å². The number of alkyl halides is 2. The summed E-state index contributed by atoms with van der Waals surface area (Å²) in [6.45, 7) is 0. The van der Waals surface area contributed by atoms with Gasteiger partial charge in [0.1, 0.15) is 12.1 Å². The molecule has 1 aromatic heterocycles. The van der Waals surface area contributed by atoms with Crippen molar-refractivity contribution in [3.05, 3.63) is 11.1 Å². The molecule has 0 aliphatic heterocycles. The molecular weight excluding hydrogens is 269 g/mol. The summed E-state index contributed by atoms with van der Waals surface area (Å²) in [5.41, 5.74) is -0.169. The van der Waals surface area contributed by atoms with Crippen LogP contribution in [0.4, 0.5) is 8.78 Å². The minimum Gasteiger partial charge on any atom is -0.287 e. The third-order valence-electron chi connectivity index (χ3n) is 2.59. The molecule has 8 heteroatoms. The number of carbonyl (C=O) groups is 1. The number of ketones is 1. The van der Waals surface area contributed by atoms with Crippen molar-refractivity contribution in [1.29, 1.82) is 0 Å². The van der Waals surface area contributed by atoms with Crippen molar-refractivity contribution in [3.8, 4) is 0 Å². The molecule has 17 heavy (non-hydrogen) atoms. The molecule has 1 aromatic rings. The lowest BCUT2D eigenvalue weighted by Gasteiger charge is -2.21.